The Bertz CT molecular complexity index is 629. The number of rotatable bonds is 7. The van der Waals surface area contributed by atoms with Gasteiger partial charge < -0.3 is 15.7 Å². The highest BCUT2D eigenvalue weighted by Gasteiger charge is 2.13. The Balaban J connectivity index is 1.95. The average Bonchev–Trinajstić information content (AvgIpc) is 2.62. The monoisotopic (exact) mass is 327 g/mol. The van der Waals surface area contributed by atoms with E-state index < -0.39 is 0 Å². The van der Waals surface area contributed by atoms with E-state index in [2.05, 4.69) is 15.6 Å². The lowest BCUT2D eigenvalue weighted by atomic mass is 10.0. The molecule has 0 spiro atoms. The summed E-state index contributed by atoms with van der Waals surface area (Å²) in [5, 5.41) is 14.8. The fourth-order valence-electron chi connectivity index (χ4n) is 2.54. The summed E-state index contributed by atoms with van der Waals surface area (Å²) in [5.74, 6) is 0. The summed E-state index contributed by atoms with van der Waals surface area (Å²) < 4.78 is 0. The van der Waals surface area contributed by atoms with Crippen LogP contribution in [-0.2, 0) is 0 Å². The van der Waals surface area contributed by atoms with Crippen LogP contribution in [0.5, 0.6) is 0 Å². The molecule has 2 unspecified atom stereocenters. The third-order valence-electron chi connectivity index (χ3n) is 4.06. The molecule has 2 atom stereocenters. The van der Waals surface area contributed by atoms with Crippen LogP contribution in [0.1, 0.15) is 38.3 Å². The minimum absolute atomic E-state index is 0.00448. The molecule has 128 valence electrons. The highest BCUT2D eigenvalue weighted by Crippen LogP contribution is 2.21. The Labute approximate surface area is 143 Å². The number of aliphatic hydroxyl groups is 1. The van der Waals surface area contributed by atoms with E-state index in [-0.39, 0.29) is 24.7 Å². The molecule has 5 nitrogen and oxygen atoms in total. The first-order valence-electron chi connectivity index (χ1n) is 8.32. The first-order valence-corrected chi connectivity index (χ1v) is 8.32. The molecule has 0 fully saturated rings. The quantitative estimate of drug-likeness (QED) is 0.730. The number of nitrogens with one attached hydrogen (secondary N) is 2. The van der Waals surface area contributed by atoms with Crippen LogP contribution in [-0.4, -0.2) is 28.8 Å². The predicted octanol–water partition coefficient (Wildman–Crippen LogP) is 3.27. The number of urea groups is 1. The highest BCUT2D eigenvalue weighted by atomic mass is 16.3. The standard InChI is InChI=1S/C19H25N3O2/c1-3-18(10-12-23)22-19(24)21-14(2)15-6-8-16(9-7-15)17-5-4-11-20-13-17/h4-9,11,13-14,18,23H,3,10,12H2,1-2H3,(H2,21,22,24). The van der Waals surface area contributed by atoms with Crippen LogP contribution >= 0.6 is 0 Å². The maximum atomic E-state index is 12.0. The van der Waals surface area contributed by atoms with Gasteiger partial charge >= 0.3 is 6.03 Å². The lowest BCUT2D eigenvalue weighted by Crippen LogP contribution is -2.43. The smallest absolute Gasteiger partial charge is 0.315 e. The van der Waals surface area contributed by atoms with Gasteiger partial charge in [0.15, 0.2) is 0 Å². The van der Waals surface area contributed by atoms with E-state index in [1.54, 1.807) is 6.20 Å². The van der Waals surface area contributed by atoms with Crippen LogP contribution in [0.4, 0.5) is 4.79 Å². The second-order valence-corrected chi connectivity index (χ2v) is 5.82. The fraction of sp³-hybridized carbons (Fsp3) is 0.368. The van der Waals surface area contributed by atoms with Gasteiger partial charge in [0.1, 0.15) is 0 Å². The largest absolute Gasteiger partial charge is 0.396 e. The van der Waals surface area contributed by atoms with E-state index >= 15 is 0 Å². The molecule has 5 heteroatoms. The van der Waals surface area contributed by atoms with Gasteiger partial charge in [-0.1, -0.05) is 37.3 Å². The Morgan fingerprint density at radius 2 is 1.92 bits per heavy atom. The van der Waals surface area contributed by atoms with Gasteiger partial charge in [0.05, 0.1) is 6.04 Å². The summed E-state index contributed by atoms with van der Waals surface area (Å²) >= 11 is 0. The molecule has 2 rings (SSSR count). The van der Waals surface area contributed by atoms with E-state index in [4.69, 9.17) is 5.11 Å². The molecular formula is C19H25N3O2. The fourth-order valence-corrected chi connectivity index (χ4v) is 2.54. The summed E-state index contributed by atoms with van der Waals surface area (Å²) in [6, 6.07) is 11.7. The normalized spacial score (nSPS) is 13.1. The van der Waals surface area contributed by atoms with Crippen LogP contribution < -0.4 is 10.6 Å². The Hall–Kier alpha value is -2.40. The zero-order chi connectivity index (χ0) is 17.4. The summed E-state index contributed by atoms with van der Waals surface area (Å²) in [6.07, 6.45) is 4.94. The summed E-state index contributed by atoms with van der Waals surface area (Å²) in [6.45, 7) is 4.01. The van der Waals surface area contributed by atoms with Crippen molar-refractivity contribution in [3.63, 3.8) is 0 Å². The van der Waals surface area contributed by atoms with Crippen molar-refractivity contribution in [1.82, 2.24) is 15.6 Å². The minimum atomic E-state index is -0.209. The molecule has 2 amide bonds. The molecule has 0 aliphatic carbocycles. The molecule has 0 bridgehead atoms. The van der Waals surface area contributed by atoms with Crippen molar-refractivity contribution in [1.29, 1.82) is 0 Å². The van der Waals surface area contributed by atoms with Crippen LogP contribution in [0.3, 0.4) is 0 Å². The predicted molar refractivity (Wildman–Crippen MR) is 95.5 cm³/mol. The summed E-state index contributed by atoms with van der Waals surface area (Å²) in [7, 11) is 0. The van der Waals surface area contributed by atoms with Gasteiger partial charge in [-0.05, 0) is 42.5 Å². The number of pyridine rings is 1. The van der Waals surface area contributed by atoms with E-state index in [0.717, 1.165) is 23.1 Å². The Morgan fingerprint density at radius 3 is 2.50 bits per heavy atom. The van der Waals surface area contributed by atoms with Gasteiger partial charge in [-0.15, -0.1) is 0 Å². The minimum Gasteiger partial charge on any atom is -0.396 e. The third-order valence-corrected chi connectivity index (χ3v) is 4.06. The van der Waals surface area contributed by atoms with Crippen molar-refractivity contribution in [2.45, 2.75) is 38.8 Å². The number of carbonyl (C=O) groups excluding carboxylic acids is 1. The van der Waals surface area contributed by atoms with Crippen molar-refractivity contribution in [3.05, 3.63) is 54.4 Å². The van der Waals surface area contributed by atoms with Gasteiger partial charge in [-0.3, -0.25) is 4.98 Å². The first kappa shape index (κ1) is 17.9. The SMILES string of the molecule is CCC(CCO)NC(=O)NC(C)c1ccc(-c2cccnc2)cc1. The van der Waals surface area contributed by atoms with Crippen LogP contribution in [0.2, 0.25) is 0 Å². The number of nitrogens with zero attached hydrogens (tertiary/aromatic N) is 1. The van der Waals surface area contributed by atoms with Crippen molar-refractivity contribution >= 4 is 6.03 Å². The number of carbonyl (C=O) groups is 1. The van der Waals surface area contributed by atoms with Gasteiger partial charge in [-0.2, -0.15) is 0 Å². The van der Waals surface area contributed by atoms with Crippen molar-refractivity contribution in [3.8, 4) is 11.1 Å². The second-order valence-electron chi connectivity index (χ2n) is 5.82. The summed E-state index contributed by atoms with van der Waals surface area (Å²) in [5.41, 5.74) is 3.20. The number of aromatic nitrogens is 1. The number of hydrogen-bond acceptors (Lipinski definition) is 3. The molecule has 2 aromatic rings. The molecule has 0 radical (unpaired) electrons. The van der Waals surface area contributed by atoms with Crippen LogP contribution in [0, 0.1) is 0 Å². The zero-order valence-corrected chi connectivity index (χ0v) is 14.2. The number of amides is 2. The van der Waals surface area contributed by atoms with Crippen LogP contribution in [0.25, 0.3) is 11.1 Å². The molecule has 0 saturated heterocycles. The average molecular weight is 327 g/mol. The van der Waals surface area contributed by atoms with Gasteiger partial charge in [0.25, 0.3) is 0 Å². The molecular weight excluding hydrogens is 302 g/mol. The molecule has 24 heavy (non-hydrogen) atoms. The maximum absolute atomic E-state index is 12.0. The summed E-state index contributed by atoms with van der Waals surface area (Å²) in [4.78, 5) is 16.2. The molecule has 0 aliphatic rings. The van der Waals surface area contributed by atoms with Crippen molar-refractivity contribution in [2.24, 2.45) is 0 Å². The topological polar surface area (TPSA) is 74.2 Å². The Morgan fingerprint density at radius 1 is 1.17 bits per heavy atom. The van der Waals surface area contributed by atoms with Crippen molar-refractivity contribution in [2.75, 3.05) is 6.61 Å². The first-order chi connectivity index (χ1) is 11.6. The maximum Gasteiger partial charge on any atom is 0.315 e. The number of aliphatic hydroxyl groups excluding tert-OH is 1. The molecule has 1 heterocycles. The molecule has 0 saturated carbocycles. The van der Waals surface area contributed by atoms with E-state index in [1.807, 2.05) is 56.4 Å². The van der Waals surface area contributed by atoms with E-state index in [1.165, 1.54) is 0 Å². The van der Waals surface area contributed by atoms with Crippen molar-refractivity contribution < 1.29 is 9.90 Å². The molecule has 0 aliphatic heterocycles. The molecule has 3 N–H and O–H groups in total. The molecule has 1 aromatic carbocycles. The van der Waals surface area contributed by atoms with E-state index in [0.29, 0.717) is 6.42 Å². The van der Waals surface area contributed by atoms with Gasteiger partial charge in [0, 0.05) is 25.0 Å². The zero-order valence-electron chi connectivity index (χ0n) is 14.2. The molecule has 1 aromatic heterocycles. The van der Waals surface area contributed by atoms with E-state index in [9.17, 15) is 4.79 Å². The lowest BCUT2D eigenvalue weighted by molar-refractivity contribution is 0.225. The van der Waals surface area contributed by atoms with Gasteiger partial charge in [-0.25, -0.2) is 4.79 Å². The highest BCUT2D eigenvalue weighted by molar-refractivity contribution is 5.74. The Kier molecular flexibility index (Phi) is 6.75. The third kappa shape index (κ3) is 5.06. The van der Waals surface area contributed by atoms with Crippen LogP contribution in [0.15, 0.2) is 48.8 Å². The van der Waals surface area contributed by atoms with Gasteiger partial charge in [0.2, 0.25) is 0 Å². The number of benzene rings is 1. The number of hydrogen-bond donors (Lipinski definition) is 3. The second kappa shape index (κ2) is 9.03. The lowest BCUT2D eigenvalue weighted by Gasteiger charge is -2.20.